The molecular formula is C13H23N3. The van der Waals surface area contributed by atoms with Gasteiger partial charge in [-0.1, -0.05) is 26.7 Å². The first-order chi connectivity index (χ1) is 7.52. The van der Waals surface area contributed by atoms with E-state index in [1.807, 2.05) is 19.4 Å². The van der Waals surface area contributed by atoms with Gasteiger partial charge in [-0.25, -0.2) is 4.98 Å². The molecule has 0 amide bonds. The summed E-state index contributed by atoms with van der Waals surface area (Å²) in [6, 6.07) is 0.630. The van der Waals surface area contributed by atoms with Crippen molar-refractivity contribution < 1.29 is 0 Å². The highest BCUT2D eigenvalue weighted by Gasteiger charge is 2.34. The maximum absolute atomic E-state index is 5.99. The van der Waals surface area contributed by atoms with E-state index < -0.39 is 0 Å². The number of imidazole rings is 1. The summed E-state index contributed by atoms with van der Waals surface area (Å²) >= 11 is 0. The Morgan fingerprint density at radius 3 is 2.88 bits per heavy atom. The van der Waals surface area contributed by atoms with Gasteiger partial charge in [-0.2, -0.15) is 0 Å². The molecule has 1 aliphatic rings. The molecule has 1 heterocycles. The highest BCUT2D eigenvalue weighted by atomic mass is 15.1. The summed E-state index contributed by atoms with van der Waals surface area (Å²) in [6.07, 6.45) is 9.10. The molecular weight excluding hydrogens is 198 g/mol. The average molecular weight is 221 g/mol. The van der Waals surface area contributed by atoms with Gasteiger partial charge in [0, 0.05) is 18.3 Å². The zero-order chi connectivity index (χ0) is 11.8. The summed E-state index contributed by atoms with van der Waals surface area (Å²) in [4.78, 5) is 4.27. The molecule has 16 heavy (non-hydrogen) atoms. The molecule has 2 rings (SSSR count). The van der Waals surface area contributed by atoms with Crippen LogP contribution in [0.3, 0.4) is 0 Å². The largest absolute Gasteiger partial charge is 0.330 e. The van der Waals surface area contributed by atoms with Gasteiger partial charge < -0.3 is 10.3 Å². The lowest BCUT2D eigenvalue weighted by molar-refractivity contribution is 0.141. The molecule has 3 nitrogen and oxygen atoms in total. The van der Waals surface area contributed by atoms with Crippen LogP contribution >= 0.6 is 0 Å². The fraction of sp³-hybridized carbons (Fsp3) is 0.769. The summed E-state index contributed by atoms with van der Waals surface area (Å²) in [5.74, 6) is 0. The zero-order valence-electron chi connectivity index (χ0n) is 10.6. The van der Waals surface area contributed by atoms with Gasteiger partial charge in [0.1, 0.15) is 0 Å². The van der Waals surface area contributed by atoms with Gasteiger partial charge in [-0.05, 0) is 25.2 Å². The molecule has 2 N–H and O–H groups in total. The van der Waals surface area contributed by atoms with E-state index in [1.54, 1.807) is 0 Å². The van der Waals surface area contributed by atoms with E-state index in [4.69, 9.17) is 5.73 Å². The van der Waals surface area contributed by atoms with Crippen LogP contribution in [-0.4, -0.2) is 9.55 Å². The molecule has 90 valence electrons. The summed E-state index contributed by atoms with van der Waals surface area (Å²) in [6.45, 7) is 6.76. The van der Waals surface area contributed by atoms with Crippen LogP contribution in [0, 0.1) is 5.41 Å². The van der Waals surface area contributed by atoms with E-state index in [0.717, 1.165) is 0 Å². The topological polar surface area (TPSA) is 43.8 Å². The van der Waals surface area contributed by atoms with E-state index in [9.17, 15) is 0 Å². The molecule has 0 aliphatic heterocycles. The Labute approximate surface area is 98.1 Å². The molecule has 1 aliphatic carbocycles. The van der Waals surface area contributed by atoms with Crippen LogP contribution in [0.2, 0.25) is 0 Å². The van der Waals surface area contributed by atoms with E-state index >= 15 is 0 Å². The molecule has 1 saturated carbocycles. The molecule has 2 atom stereocenters. The zero-order valence-corrected chi connectivity index (χ0v) is 10.6. The third-order valence-electron chi connectivity index (χ3n) is 3.95. The molecule has 1 aromatic heterocycles. The number of nitrogens with zero attached hydrogens (tertiary/aromatic N) is 2. The lowest BCUT2D eigenvalue weighted by atomic mass is 9.73. The average Bonchev–Trinajstić information content (AvgIpc) is 2.65. The van der Waals surface area contributed by atoms with E-state index in [-0.39, 0.29) is 6.04 Å². The van der Waals surface area contributed by atoms with Crippen LogP contribution in [0.25, 0.3) is 0 Å². The molecule has 0 saturated heterocycles. The second-order valence-corrected chi connectivity index (χ2v) is 5.76. The fourth-order valence-corrected chi connectivity index (χ4v) is 2.92. The minimum Gasteiger partial charge on any atom is -0.330 e. The van der Waals surface area contributed by atoms with Crippen molar-refractivity contribution in [2.24, 2.45) is 11.1 Å². The van der Waals surface area contributed by atoms with Crippen LogP contribution in [0.1, 0.15) is 64.2 Å². The number of hydrogen-bond donors (Lipinski definition) is 1. The first-order valence-electron chi connectivity index (χ1n) is 6.29. The van der Waals surface area contributed by atoms with Crippen LogP contribution in [0.4, 0.5) is 0 Å². The van der Waals surface area contributed by atoms with Gasteiger partial charge >= 0.3 is 0 Å². The van der Waals surface area contributed by atoms with E-state index in [1.165, 1.54) is 31.4 Å². The molecule has 0 radical (unpaired) electrons. The van der Waals surface area contributed by atoms with Crippen LogP contribution in [0.5, 0.6) is 0 Å². The summed E-state index contributed by atoms with van der Waals surface area (Å²) in [7, 11) is 0. The van der Waals surface area contributed by atoms with Gasteiger partial charge in [0.25, 0.3) is 0 Å². The van der Waals surface area contributed by atoms with Crippen molar-refractivity contribution in [3.8, 4) is 0 Å². The van der Waals surface area contributed by atoms with Gasteiger partial charge in [0.2, 0.25) is 0 Å². The highest BCUT2D eigenvalue weighted by molar-refractivity contribution is 5.07. The van der Waals surface area contributed by atoms with Crippen molar-refractivity contribution in [3.05, 3.63) is 18.2 Å². The SMILES string of the molecule is CC(N)c1cncn1C1CCCCC1(C)C. The van der Waals surface area contributed by atoms with Crippen molar-refractivity contribution in [1.29, 1.82) is 0 Å². The number of nitrogens with two attached hydrogens (primary N) is 1. The Balaban J connectivity index is 2.31. The maximum atomic E-state index is 5.99. The lowest BCUT2D eigenvalue weighted by Gasteiger charge is -2.40. The summed E-state index contributed by atoms with van der Waals surface area (Å²) < 4.78 is 2.31. The molecule has 1 fully saturated rings. The second-order valence-electron chi connectivity index (χ2n) is 5.76. The molecule has 1 aromatic rings. The van der Waals surface area contributed by atoms with Gasteiger partial charge in [0.05, 0.1) is 12.0 Å². The van der Waals surface area contributed by atoms with Crippen molar-refractivity contribution in [1.82, 2.24) is 9.55 Å². The Hall–Kier alpha value is -0.830. The maximum Gasteiger partial charge on any atom is 0.0951 e. The van der Waals surface area contributed by atoms with Gasteiger partial charge in [0.15, 0.2) is 0 Å². The molecule has 0 spiro atoms. The van der Waals surface area contributed by atoms with Crippen molar-refractivity contribution in [3.63, 3.8) is 0 Å². The van der Waals surface area contributed by atoms with Crippen LogP contribution < -0.4 is 5.73 Å². The third kappa shape index (κ3) is 2.01. The Kier molecular flexibility index (Phi) is 3.06. The Morgan fingerprint density at radius 2 is 2.25 bits per heavy atom. The predicted octanol–water partition coefficient (Wildman–Crippen LogP) is 3.04. The normalized spacial score (nSPS) is 26.6. The van der Waals surface area contributed by atoms with Crippen LogP contribution in [-0.2, 0) is 0 Å². The summed E-state index contributed by atoms with van der Waals surface area (Å²) in [5.41, 5.74) is 7.52. The van der Waals surface area contributed by atoms with Crippen molar-refractivity contribution in [2.45, 2.75) is 58.5 Å². The quantitative estimate of drug-likeness (QED) is 0.834. The number of rotatable bonds is 2. The van der Waals surface area contributed by atoms with E-state index in [0.29, 0.717) is 11.5 Å². The minimum absolute atomic E-state index is 0.0697. The molecule has 0 aromatic carbocycles. The summed E-state index contributed by atoms with van der Waals surface area (Å²) in [5, 5.41) is 0. The molecule has 2 unspecified atom stereocenters. The van der Waals surface area contributed by atoms with Gasteiger partial charge in [-0.3, -0.25) is 0 Å². The fourth-order valence-electron chi connectivity index (χ4n) is 2.92. The van der Waals surface area contributed by atoms with Crippen molar-refractivity contribution >= 4 is 0 Å². The number of aromatic nitrogens is 2. The van der Waals surface area contributed by atoms with Crippen molar-refractivity contribution in [2.75, 3.05) is 0 Å². The first-order valence-corrected chi connectivity index (χ1v) is 6.29. The Bertz CT molecular complexity index is 352. The minimum atomic E-state index is 0.0697. The molecule has 3 heteroatoms. The van der Waals surface area contributed by atoms with Crippen LogP contribution in [0.15, 0.2) is 12.5 Å². The lowest BCUT2D eigenvalue weighted by Crippen LogP contribution is -2.32. The standard InChI is InChI=1S/C13H23N3/c1-10(14)11-8-15-9-16(11)12-6-4-5-7-13(12,2)3/h8-10,12H,4-7,14H2,1-3H3. The Morgan fingerprint density at radius 1 is 1.50 bits per heavy atom. The predicted molar refractivity (Wildman–Crippen MR) is 66.1 cm³/mol. The second kappa shape index (κ2) is 4.21. The third-order valence-corrected chi connectivity index (χ3v) is 3.95. The monoisotopic (exact) mass is 221 g/mol. The highest BCUT2D eigenvalue weighted by Crippen LogP contribution is 2.44. The smallest absolute Gasteiger partial charge is 0.0951 e. The first kappa shape index (κ1) is 11.6. The molecule has 0 bridgehead atoms. The van der Waals surface area contributed by atoms with Gasteiger partial charge in [-0.15, -0.1) is 0 Å². The number of hydrogen-bond acceptors (Lipinski definition) is 2. The van der Waals surface area contributed by atoms with E-state index in [2.05, 4.69) is 23.4 Å².